The van der Waals surface area contributed by atoms with E-state index in [9.17, 15) is 9.18 Å². The maximum Gasteiger partial charge on any atom is 0.231 e. The van der Waals surface area contributed by atoms with Crippen LogP contribution < -0.4 is 5.32 Å². The lowest BCUT2D eigenvalue weighted by Gasteiger charge is -2.15. The molecule has 0 saturated carbocycles. The molecule has 0 saturated heterocycles. The van der Waals surface area contributed by atoms with Gasteiger partial charge in [-0.2, -0.15) is 0 Å². The van der Waals surface area contributed by atoms with Crippen LogP contribution in [0.25, 0.3) is 0 Å². The van der Waals surface area contributed by atoms with Gasteiger partial charge < -0.3 is 5.32 Å². The Bertz CT molecular complexity index is 536. The minimum absolute atomic E-state index is 0.0692. The van der Waals surface area contributed by atoms with Gasteiger partial charge in [0.15, 0.2) is 0 Å². The van der Waals surface area contributed by atoms with Gasteiger partial charge in [-0.1, -0.05) is 37.3 Å². The zero-order chi connectivity index (χ0) is 13.7. The molecule has 2 nitrogen and oxygen atoms in total. The van der Waals surface area contributed by atoms with Gasteiger partial charge in [-0.15, -0.1) is 0 Å². The van der Waals surface area contributed by atoms with Gasteiger partial charge in [0.2, 0.25) is 5.91 Å². The summed E-state index contributed by atoms with van der Waals surface area (Å²) in [5.74, 6) is -0.570. The van der Waals surface area contributed by atoms with E-state index >= 15 is 0 Å². The molecule has 1 amide bonds. The summed E-state index contributed by atoms with van der Waals surface area (Å²) in [7, 11) is 0. The topological polar surface area (TPSA) is 29.1 Å². The number of amides is 1. The molecular formula is C16H16FNO. The molecule has 0 spiro atoms. The summed E-state index contributed by atoms with van der Waals surface area (Å²) < 4.78 is 12.8. The molecule has 0 fully saturated rings. The molecule has 1 N–H and O–H groups in total. The SMILES string of the molecule is CC[C@@H](C(=O)Nc1ccc(F)cc1)c1ccccc1. The number of nitrogens with one attached hydrogen (secondary N) is 1. The van der Waals surface area contributed by atoms with Gasteiger partial charge in [-0.25, -0.2) is 4.39 Å². The van der Waals surface area contributed by atoms with Crippen molar-refractivity contribution in [1.82, 2.24) is 0 Å². The third kappa shape index (κ3) is 3.41. The summed E-state index contributed by atoms with van der Waals surface area (Å²) in [6, 6.07) is 15.4. The van der Waals surface area contributed by atoms with E-state index in [2.05, 4.69) is 5.32 Å². The molecule has 3 heteroatoms. The van der Waals surface area contributed by atoms with E-state index in [1.807, 2.05) is 37.3 Å². The highest BCUT2D eigenvalue weighted by Crippen LogP contribution is 2.21. The second-order valence-electron chi connectivity index (χ2n) is 4.37. The Morgan fingerprint density at radius 1 is 1.11 bits per heavy atom. The first kappa shape index (κ1) is 13.3. The van der Waals surface area contributed by atoms with Crippen LogP contribution in [0.1, 0.15) is 24.8 Å². The molecule has 98 valence electrons. The number of carbonyl (C=O) groups is 1. The van der Waals surface area contributed by atoms with Gasteiger partial charge in [0.05, 0.1) is 5.92 Å². The van der Waals surface area contributed by atoms with Crippen LogP contribution in [0.2, 0.25) is 0 Å². The highest BCUT2D eigenvalue weighted by atomic mass is 19.1. The number of hydrogen-bond donors (Lipinski definition) is 1. The minimum atomic E-state index is -0.312. The Kier molecular flexibility index (Phi) is 4.29. The smallest absolute Gasteiger partial charge is 0.231 e. The number of hydrogen-bond acceptors (Lipinski definition) is 1. The fraction of sp³-hybridized carbons (Fsp3) is 0.188. The first-order chi connectivity index (χ1) is 9.20. The zero-order valence-electron chi connectivity index (χ0n) is 10.8. The normalized spacial score (nSPS) is 11.9. The molecule has 0 unspecified atom stereocenters. The van der Waals surface area contributed by atoms with Crippen LogP contribution in [0.15, 0.2) is 54.6 Å². The van der Waals surface area contributed by atoms with Crippen molar-refractivity contribution in [2.24, 2.45) is 0 Å². The van der Waals surface area contributed by atoms with Gasteiger partial charge in [0, 0.05) is 5.69 Å². The summed E-state index contributed by atoms with van der Waals surface area (Å²) in [6.07, 6.45) is 0.719. The molecule has 19 heavy (non-hydrogen) atoms. The van der Waals surface area contributed by atoms with Crippen LogP contribution in [-0.2, 0) is 4.79 Å². The number of carbonyl (C=O) groups excluding carboxylic acids is 1. The molecule has 0 aliphatic heterocycles. The van der Waals surface area contributed by atoms with Crippen molar-refractivity contribution in [1.29, 1.82) is 0 Å². The van der Waals surface area contributed by atoms with Crippen LogP contribution in [0.5, 0.6) is 0 Å². The first-order valence-electron chi connectivity index (χ1n) is 6.32. The maximum atomic E-state index is 12.8. The van der Waals surface area contributed by atoms with Crippen LogP contribution in [0.4, 0.5) is 10.1 Å². The van der Waals surface area contributed by atoms with Crippen LogP contribution in [-0.4, -0.2) is 5.91 Å². The van der Waals surface area contributed by atoms with Crippen molar-refractivity contribution in [3.8, 4) is 0 Å². The molecule has 2 aromatic rings. The molecule has 0 aliphatic rings. The quantitative estimate of drug-likeness (QED) is 0.882. The Morgan fingerprint density at radius 3 is 2.32 bits per heavy atom. The van der Waals surface area contributed by atoms with E-state index in [1.54, 1.807) is 12.1 Å². The third-order valence-electron chi connectivity index (χ3n) is 3.04. The predicted molar refractivity (Wildman–Crippen MR) is 74.5 cm³/mol. The summed E-state index contributed by atoms with van der Waals surface area (Å²) in [6.45, 7) is 1.97. The van der Waals surface area contributed by atoms with E-state index in [0.717, 1.165) is 12.0 Å². The molecule has 0 radical (unpaired) electrons. The molecule has 0 bridgehead atoms. The molecule has 0 heterocycles. The Balaban J connectivity index is 2.11. The lowest BCUT2D eigenvalue weighted by molar-refractivity contribution is -0.117. The fourth-order valence-electron chi connectivity index (χ4n) is 2.02. The van der Waals surface area contributed by atoms with Crippen LogP contribution >= 0.6 is 0 Å². The standard InChI is InChI=1S/C16H16FNO/c1-2-15(12-6-4-3-5-7-12)16(19)18-14-10-8-13(17)9-11-14/h3-11,15H,2H2,1H3,(H,18,19)/t15-/m1/s1. The second kappa shape index (κ2) is 6.14. The zero-order valence-corrected chi connectivity index (χ0v) is 10.8. The van der Waals surface area contributed by atoms with Gasteiger partial charge in [-0.05, 0) is 36.2 Å². The van der Waals surface area contributed by atoms with E-state index in [1.165, 1.54) is 12.1 Å². The summed E-state index contributed by atoms with van der Waals surface area (Å²) in [5.41, 5.74) is 1.60. The number of benzene rings is 2. The molecule has 0 aromatic heterocycles. The van der Waals surface area contributed by atoms with E-state index in [4.69, 9.17) is 0 Å². The minimum Gasteiger partial charge on any atom is -0.326 e. The van der Waals surface area contributed by atoms with Crippen molar-refractivity contribution in [3.05, 3.63) is 66.0 Å². The largest absolute Gasteiger partial charge is 0.326 e. The van der Waals surface area contributed by atoms with Crippen LogP contribution in [0, 0.1) is 5.82 Å². The van der Waals surface area contributed by atoms with Gasteiger partial charge in [0.25, 0.3) is 0 Å². The van der Waals surface area contributed by atoms with Gasteiger partial charge >= 0.3 is 0 Å². The summed E-state index contributed by atoms with van der Waals surface area (Å²) in [5, 5.41) is 2.81. The van der Waals surface area contributed by atoms with Crippen molar-refractivity contribution in [2.45, 2.75) is 19.3 Å². The van der Waals surface area contributed by atoms with Gasteiger partial charge in [0.1, 0.15) is 5.82 Å². The van der Waals surface area contributed by atoms with Crippen molar-refractivity contribution < 1.29 is 9.18 Å². The monoisotopic (exact) mass is 257 g/mol. The van der Waals surface area contributed by atoms with Crippen molar-refractivity contribution in [2.75, 3.05) is 5.32 Å². The molecular weight excluding hydrogens is 241 g/mol. The number of halogens is 1. The Hall–Kier alpha value is -2.16. The number of anilines is 1. The third-order valence-corrected chi connectivity index (χ3v) is 3.04. The second-order valence-corrected chi connectivity index (χ2v) is 4.37. The lowest BCUT2D eigenvalue weighted by Crippen LogP contribution is -2.20. The molecule has 1 atom stereocenters. The highest BCUT2D eigenvalue weighted by molar-refractivity contribution is 5.95. The van der Waals surface area contributed by atoms with E-state index < -0.39 is 0 Å². The predicted octanol–water partition coefficient (Wildman–Crippen LogP) is 3.96. The van der Waals surface area contributed by atoms with E-state index in [-0.39, 0.29) is 17.6 Å². The molecule has 0 aliphatic carbocycles. The highest BCUT2D eigenvalue weighted by Gasteiger charge is 2.18. The first-order valence-corrected chi connectivity index (χ1v) is 6.32. The fourth-order valence-corrected chi connectivity index (χ4v) is 2.02. The summed E-state index contributed by atoms with van der Waals surface area (Å²) in [4.78, 5) is 12.2. The lowest BCUT2D eigenvalue weighted by atomic mass is 9.95. The van der Waals surface area contributed by atoms with Gasteiger partial charge in [-0.3, -0.25) is 4.79 Å². The molecule has 2 aromatic carbocycles. The Labute approximate surface area is 112 Å². The Morgan fingerprint density at radius 2 is 1.74 bits per heavy atom. The van der Waals surface area contributed by atoms with E-state index in [0.29, 0.717) is 5.69 Å². The molecule has 2 rings (SSSR count). The number of rotatable bonds is 4. The average molecular weight is 257 g/mol. The average Bonchev–Trinajstić information content (AvgIpc) is 2.43. The van der Waals surface area contributed by atoms with Crippen LogP contribution in [0.3, 0.4) is 0 Å². The van der Waals surface area contributed by atoms with Crippen molar-refractivity contribution >= 4 is 11.6 Å². The summed E-state index contributed by atoms with van der Waals surface area (Å²) >= 11 is 0. The van der Waals surface area contributed by atoms with Crippen molar-refractivity contribution in [3.63, 3.8) is 0 Å². The maximum absolute atomic E-state index is 12.8.